The Morgan fingerprint density at radius 3 is 2.73 bits per heavy atom. The summed E-state index contributed by atoms with van der Waals surface area (Å²) in [6.45, 7) is 5.17. The number of methoxy groups -OCH3 is 1. The number of carbonyl (C=O) groups is 2. The number of halogens is 1. The fraction of sp³-hybridized carbons (Fsp3) is 0.462. The summed E-state index contributed by atoms with van der Waals surface area (Å²) in [5.74, 6) is 1.38. The van der Waals surface area contributed by atoms with Crippen molar-refractivity contribution in [3.8, 4) is 11.5 Å². The zero-order valence-corrected chi connectivity index (χ0v) is 22.0. The van der Waals surface area contributed by atoms with Crippen LogP contribution in [0.2, 0.25) is 0 Å². The zero-order valence-electron chi connectivity index (χ0n) is 21.2. The first-order chi connectivity index (χ1) is 17.5. The highest BCUT2D eigenvalue weighted by Crippen LogP contribution is 2.37. The number of carbonyl (C=O) groups excluding carboxylic acids is 2. The second kappa shape index (κ2) is 13.4. The van der Waals surface area contributed by atoms with Crippen molar-refractivity contribution >= 4 is 41.5 Å². The van der Waals surface area contributed by atoms with Crippen molar-refractivity contribution in [3.05, 3.63) is 42.0 Å². The van der Waals surface area contributed by atoms with Crippen LogP contribution in [-0.2, 0) is 16.0 Å². The van der Waals surface area contributed by atoms with Gasteiger partial charge in [0.05, 0.1) is 43.9 Å². The van der Waals surface area contributed by atoms with E-state index in [4.69, 9.17) is 14.2 Å². The molecule has 202 valence electrons. The van der Waals surface area contributed by atoms with Crippen molar-refractivity contribution in [3.63, 3.8) is 0 Å². The predicted molar refractivity (Wildman–Crippen MR) is 144 cm³/mol. The van der Waals surface area contributed by atoms with E-state index >= 15 is 0 Å². The number of benzene rings is 2. The number of aliphatic hydroxyl groups excluding tert-OH is 1. The van der Waals surface area contributed by atoms with Gasteiger partial charge in [0, 0.05) is 31.6 Å². The molecule has 2 aromatic rings. The van der Waals surface area contributed by atoms with Gasteiger partial charge in [0.25, 0.3) is 0 Å². The van der Waals surface area contributed by atoms with E-state index in [1.807, 2.05) is 24.3 Å². The van der Waals surface area contributed by atoms with Crippen LogP contribution in [0.5, 0.6) is 11.5 Å². The molecule has 0 radical (unpaired) electrons. The van der Waals surface area contributed by atoms with Crippen LogP contribution in [0.1, 0.15) is 25.3 Å². The molecule has 2 aromatic carbocycles. The molecule has 10 nitrogen and oxygen atoms in total. The van der Waals surface area contributed by atoms with Gasteiger partial charge in [-0.3, -0.25) is 15.0 Å². The number of aliphatic hydroxyl groups is 1. The number of amides is 2. The monoisotopic (exact) mass is 534 g/mol. The maximum Gasteiger partial charge on any atom is 0.411 e. The van der Waals surface area contributed by atoms with Crippen LogP contribution in [0.15, 0.2) is 36.4 Å². The summed E-state index contributed by atoms with van der Waals surface area (Å²) in [5.41, 5.74) is 2.88. The number of β-amino-alcohol motifs (C(OH)–C–C–N with tert-alkyl or cyclic N) is 1. The second-order valence-corrected chi connectivity index (χ2v) is 8.69. The Hall–Kier alpha value is -3.21. The quantitative estimate of drug-likeness (QED) is 0.419. The van der Waals surface area contributed by atoms with Gasteiger partial charge in [0.15, 0.2) is 0 Å². The lowest BCUT2D eigenvalue weighted by Gasteiger charge is -2.40. The number of ether oxygens (including phenoxy) is 3. The average Bonchev–Trinajstić information content (AvgIpc) is 2.88. The van der Waals surface area contributed by atoms with E-state index in [9.17, 15) is 14.7 Å². The van der Waals surface area contributed by atoms with Gasteiger partial charge in [-0.05, 0) is 44.0 Å². The van der Waals surface area contributed by atoms with E-state index in [1.165, 1.54) is 0 Å². The van der Waals surface area contributed by atoms with Crippen molar-refractivity contribution in [1.82, 2.24) is 4.90 Å². The topological polar surface area (TPSA) is 113 Å². The third-order valence-corrected chi connectivity index (χ3v) is 6.38. The van der Waals surface area contributed by atoms with Crippen molar-refractivity contribution in [2.45, 2.75) is 32.4 Å². The van der Waals surface area contributed by atoms with Crippen LogP contribution in [0.4, 0.5) is 21.9 Å². The summed E-state index contributed by atoms with van der Waals surface area (Å²) in [7, 11) is 1.65. The Morgan fingerprint density at radius 2 is 1.97 bits per heavy atom. The summed E-state index contributed by atoms with van der Waals surface area (Å²) >= 11 is 0. The molecule has 2 aliphatic heterocycles. The van der Waals surface area contributed by atoms with E-state index < -0.39 is 12.3 Å². The molecular weight excluding hydrogens is 500 g/mol. The van der Waals surface area contributed by atoms with Gasteiger partial charge in [0.1, 0.15) is 17.7 Å². The minimum absolute atomic E-state index is 0. The zero-order chi connectivity index (χ0) is 25.5. The fourth-order valence-electron chi connectivity index (χ4n) is 4.60. The van der Waals surface area contributed by atoms with E-state index in [1.54, 1.807) is 26.2 Å². The highest BCUT2D eigenvalue weighted by Gasteiger charge is 2.27. The largest absolute Gasteiger partial charge is 0.495 e. The Balaban J connectivity index is 0.00000380. The smallest absolute Gasteiger partial charge is 0.411 e. The first-order valence-electron chi connectivity index (χ1n) is 12.3. The number of piperazine rings is 1. The highest BCUT2D eigenvalue weighted by molar-refractivity contribution is 6.01. The molecule has 2 aliphatic rings. The predicted octanol–water partition coefficient (Wildman–Crippen LogP) is 3.48. The molecule has 2 amide bonds. The SMILES string of the molecule is CCOC(=O)Nc1ccc(OCCCN2CCN(c3ccccc3OC)CC2O)c2c1NC(=O)CC2.Cl. The molecule has 0 aromatic heterocycles. The molecule has 0 spiro atoms. The molecule has 0 saturated carbocycles. The van der Waals surface area contributed by atoms with Crippen LogP contribution < -0.4 is 25.0 Å². The molecule has 1 saturated heterocycles. The Kier molecular flexibility index (Phi) is 10.2. The van der Waals surface area contributed by atoms with Gasteiger partial charge in [-0.25, -0.2) is 4.79 Å². The second-order valence-electron chi connectivity index (χ2n) is 8.69. The summed E-state index contributed by atoms with van der Waals surface area (Å²) in [4.78, 5) is 28.0. The van der Waals surface area contributed by atoms with Gasteiger partial charge >= 0.3 is 6.09 Å². The van der Waals surface area contributed by atoms with Crippen molar-refractivity contribution in [2.75, 3.05) is 62.0 Å². The molecule has 2 heterocycles. The number of anilines is 3. The van der Waals surface area contributed by atoms with Gasteiger partial charge < -0.3 is 29.5 Å². The van der Waals surface area contributed by atoms with Crippen LogP contribution in [0, 0.1) is 0 Å². The van der Waals surface area contributed by atoms with E-state index in [2.05, 4.69) is 20.4 Å². The molecule has 1 unspecified atom stereocenters. The van der Waals surface area contributed by atoms with Gasteiger partial charge in [0.2, 0.25) is 5.91 Å². The molecular formula is C26H35ClN4O6. The average molecular weight is 535 g/mol. The number of rotatable bonds is 9. The number of para-hydroxylation sites is 2. The first kappa shape index (κ1) is 28.4. The standard InChI is InChI=1S/C26H34N4O6.ClH/c1-3-35-26(33)27-19-10-11-21(18-9-12-23(31)28-25(18)19)36-16-6-13-29-14-15-30(17-24(29)32)20-7-4-5-8-22(20)34-2;/h4-5,7-8,10-11,24,32H,3,6,9,12-17H2,1-2H3,(H,27,33)(H,28,31);1H. The lowest BCUT2D eigenvalue weighted by molar-refractivity contribution is -0.116. The molecule has 1 atom stereocenters. The van der Waals surface area contributed by atoms with Crippen LogP contribution in [0.25, 0.3) is 0 Å². The summed E-state index contributed by atoms with van der Waals surface area (Å²) < 4.78 is 16.5. The number of hydrogen-bond acceptors (Lipinski definition) is 8. The number of fused-ring (bicyclic) bond motifs is 1. The molecule has 11 heteroatoms. The third kappa shape index (κ3) is 6.97. The normalized spacial score (nSPS) is 17.2. The number of nitrogens with one attached hydrogen (secondary N) is 2. The van der Waals surface area contributed by atoms with Crippen molar-refractivity contribution in [1.29, 1.82) is 0 Å². The molecule has 37 heavy (non-hydrogen) atoms. The number of hydrogen-bond donors (Lipinski definition) is 3. The van der Waals surface area contributed by atoms with Crippen molar-refractivity contribution in [2.24, 2.45) is 0 Å². The maximum absolute atomic E-state index is 12.0. The van der Waals surface area contributed by atoms with E-state index in [0.717, 1.165) is 36.5 Å². The maximum atomic E-state index is 12.0. The minimum atomic E-state index is -0.583. The van der Waals surface area contributed by atoms with Crippen LogP contribution in [0.3, 0.4) is 0 Å². The lowest BCUT2D eigenvalue weighted by atomic mass is 10.0. The van der Waals surface area contributed by atoms with Crippen molar-refractivity contribution < 1.29 is 28.9 Å². The van der Waals surface area contributed by atoms with E-state index in [0.29, 0.717) is 49.7 Å². The molecule has 1 fully saturated rings. The Bertz CT molecular complexity index is 1090. The van der Waals surface area contributed by atoms with Gasteiger partial charge in [-0.1, -0.05) is 12.1 Å². The third-order valence-electron chi connectivity index (χ3n) is 6.38. The molecule has 3 N–H and O–H groups in total. The van der Waals surface area contributed by atoms with E-state index in [-0.39, 0.29) is 24.9 Å². The summed E-state index contributed by atoms with van der Waals surface area (Å²) in [5, 5.41) is 16.2. The summed E-state index contributed by atoms with van der Waals surface area (Å²) in [6.07, 6.45) is 0.459. The highest BCUT2D eigenvalue weighted by atomic mass is 35.5. The fourth-order valence-corrected chi connectivity index (χ4v) is 4.60. The molecule has 0 bridgehead atoms. The van der Waals surface area contributed by atoms with Crippen LogP contribution in [-0.4, -0.2) is 74.7 Å². The minimum Gasteiger partial charge on any atom is -0.495 e. The lowest BCUT2D eigenvalue weighted by Crippen LogP contribution is -2.53. The molecule has 0 aliphatic carbocycles. The van der Waals surface area contributed by atoms with Crippen LogP contribution >= 0.6 is 12.4 Å². The van der Waals surface area contributed by atoms with Gasteiger partial charge in [-0.15, -0.1) is 12.4 Å². The summed E-state index contributed by atoms with van der Waals surface area (Å²) in [6, 6.07) is 11.3. The number of nitrogens with zero attached hydrogens (tertiary/aromatic N) is 2. The Morgan fingerprint density at radius 1 is 1.16 bits per heavy atom. The Labute approximate surface area is 223 Å². The molecule has 4 rings (SSSR count). The van der Waals surface area contributed by atoms with Gasteiger partial charge in [-0.2, -0.15) is 0 Å². The first-order valence-corrected chi connectivity index (χ1v) is 12.3.